The maximum atomic E-state index is 10.3. The van der Waals surface area contributed by atoms with Crippen LogP contribution in [0, 0.1) is 5.92 Å². The van der Waals surface area contributed by atoms with Crippen LogP contribution < -0.4 is 5.84 Å². The van der Waals surface area contributed by atoms with E-state index in [2.05, 4.69) is 0 Å². The van der Waals surface area contributed by atoms with Crippen LogP contribution in [0.1, 0.15) is 6.42 Å². The fraction of sp³-hybridized carbons (Fsp3) is 0.800. The number of hydrazine groups is 1. The van der Waals surface area contributed by atoms with Crippen molar-refractivity contribution in [1.82, 2.24) is 5.01 Å². The van der Waals surface area contributed by atoms with Crippen molar-refractivity contribution in [3.05, 3.63) is 0 Å². The van der Waals surface area contributed by atoms with Crippen LogP contribution >= 0.6 is 0 Å². The molecule has 0 aromatic heterocycles. The predicted molar refractivity (Wildman–Crippen MR) is 31.5 cm³/mol. The summed E-state index contributed by atoms with van der Waals surface area (Å²) in [5.41, 5.74) is 0. The molecule has 1 aliphatic rings. The van der Waals surface area contributed by atoms with Gasteiger partial charge in [0.15, 0.2) is 0 Å². The molecule has 0 amide bonds. The minimum atomic E-state index is -0.733. The van der Waals surface area contributed by atoms with Gasteiger partial charge in [-0.1, -0.05) is 0 Å². The predicted octanol–water partition coefficient (Wildman–Crippen LogP) is -0.733. The summed E-state index contributed by atoms with van der Waals surface area (Å²) in [5.74, 6) is 4.36. The molecule has 1 rings (SSSR count). The Kier molecular flexibility index (Phi) is 1.68. The van der Waals surface area contributed by atoms with Crippen LogP contribution in [0.15, 0.2) is 0 Å². The molecule has 3 N–H and O–H groups in total. The van der Waals surface area contributed by atoms with Gasteiger partial charge in [0.2, 0.25) is 0 Å². The zero-order chi connectivity index (χ0) is 6.85. The Morgan fingerprint density at radius 1 is 1.78 bits per heavy atom. The van der Waals surface area contributed by atoms with Crippen LogP contribution in [0.25, 0.3) is 0 Å². The van der Waals surface area contributed by atoms with E-state index >= 15 is 0 Å². The van der Waals surface area contributed by atoms with Crippen molar-refractivity contribution in [3.8, 4) is 0 Å². The van der Waals surface area contributed by atoms with Crippen molar-refractivity contribution in [2.45, 2.75) is 6.42 Å². The summed E-state index contributed by atoms with van der Waals surface area (Å²) in [6, 6.07) is 0. The van der Waals surface area contributed by atoms with Gasteiger partial charge in [-0.25, -0.2) is 5.01 Å². The third-order valence-electron chi connectivity index (χ3n) is 1.57. The SMILES string of the molecule is NN1CCC(C(=O)O)C1. The largest absolute Gasteiger partial charge is 0.481 e. The Hall–Kier alpha value is -0.610. The topological polar surface area (TPSA) is 66.6 Å². The second-order valence-electron chi connectivity index (χ2n) is 2.32. The monoisotopic (exact) mass is 130 g/mol. The minimum absolute atomic E-state index is 0.241. The molecule has 1 unspecified atom stereocenters. The average Bonchev–Trinajstić information content (AvgIpc) is 2.14. The van der Waals surface area contributed by atoms with E-state index in [0.29, 0.717) is 19.5 Å². The van der Waals surface area contributed by atoms with Crippen molar-refractivity contribution in [3.63, 3.8) is 0 Å². The van der Waals surface area contributed by atoms with Gasteiger partial charge in [-0.15, -0.1) is 0 Å². The molecule has 0 saturated carbocycles. The summed E-state index contributed by atoms with van der Waals surface area (Å²) in [6.07, 6.45) is 0.686. The number of hydrogen-bond donors (Lipinski definition) is 2. The van der Waals surface area contributed by atoms with E-state index in [0.717, 1.165) is 0 Å². The average molecular weight is 130 g/mol. The smallest absolute Gasteiger partial charge is 0.307 e. The Labute approximate surface area is 53.2 Å². The van der Waals surface area contributed by atoms with Crippen LogP contribution in [0.5, 0.6) is 0 Å². The molecule has 4 nitrogen and oxygen atoms in total. The van der Waals surface area contributed by atoms with Gasteiger partial charge in [0, 0.05) is 13.1 Å². The Morgan fingerprint density at radius 3 is 2.67 bits per heavy atom. The van der Waals surface area contributed by atoms with E-state index in [1.54, 1.807) is 5.01 Å². The summed E-state index contributed by atoms with van der Waals surface area (Å²) < 4.78 is 0. The number of nitrogens with two attached hydrogens (primary N) is 1. The van der Waals surface area contributed by atoms with E-state index < -0.39 is 5.97 Å². The highest BCUT2D eigenvalue weighted by molar-refractivity contribution is 5.70. The summed E-state index contributed by atoms with van der Waals surface area (Å²) in [5, 5.41) is 9.99. The number of rotatable bonds is 1. The molecule has 52 valence electrons. The first-order chi connectivity index (χ1) is 4.20. The van der Waals surface area contributed by atoms with Crippen molar-refractivity contribution in [2.75, 3.05) is 13.1 Å². The number of hydrogen-bond acceptors (Lipinski definition) is 3. The Morgan fingerprint density at radius 2 is 2.44 bits per heavy atom. The lowest BCUT2D eigenvalue weighted by Crippen LogP contribution is -2.29. The van der Waals surface area contributed by atoms with Crippen LogP contribution in [0.3, 0.4) is 0 Å². The quantitative estimate of drug-likeness (QED) is 0.459. The van der Waals surface area contributed by atoms with Gasteiger partial charge in [-0.05, 0) is 6.42 Å². The third kappa shape index (κ3) is 1.40. The first-order valence-corrected chi connectivity index (χ1v) is 2.92. The summed E-state index contributed by atoms with van der Waals surface area (Å²) in [7, 11) is 0. The highest BCUT2D eigenvalue weighted by atomic mass is 16.4. The number of nitrogens with zero attached hydrogens (tertiary/aromatic N) is 1. The van der Waals surface area contributed by atoms with Crippen LogP contribution in [-0.4, -0.2) is 29.2 Å². The Balaban J connectivity index is 2.39. The molecule has 9 heavy (non-hydrogen) atoms. The lowest BCUT2D eigenvalue weighted by molar-refractivity contribution is -0.141. The Bertz CT molecular complexity index is 126. The molecule has 1 saturated heterocycles. The lowest BCUT2D eigenvalue weighted by Gasteiger charge is -2.04. The third-order valence-corrected chi connectivity index (χ3v) is 1.57. The number of carboxylic acid groups (broad SMARTS) is 1. The fourth-order valence-electron chi connectivity index (χ4n) is 0.989. The first kappa shape index (κ1) is 6.51. The zero-order valence-corrected chi connectivity index (χ0v) is 5.08. The molecular weight excluding hydrogens is 120 g/mol. The number of carboxylic acids is 1. The van der Waals surface area contributed by atoms with E-state index in [4.69, 9.17) is 10.9 Å². The summed E-state index contributed by atoms with van der Waals surface area (Å²) in [4.78, 5) is 10.3. The highest BCUT2D eigenvalue weighted by Crippen LogP contribution is 2.11. The second kappa shape index (κ2) is 2.33. The van der Waals surface area contributed by atoms with Gasteiger partial charge in [-0.2, -0.15) is 0 Å². The number of aliphatic carboxylic acids is 1. The first-order valence-electron chi connectivity index (χ1n) is 2.92. The molecule has 0 aromatic rings. The van der Waals surface area contributed by atoms with E-state index in [-0.39, 0.29) is 5.92 Å². The van der Waals surface area contributed by atoms with Crippen molar-refractivity contribution in [1.29, 1.82) is 0 Å². The van der Waals surface area contributed by atoms with Gasteiger partial charge in [0.1, 0.15) is 0 Å². The van der Waals surface area contributed by atoms with Gasteiger partial charge in [0.05, 0.1) is 5.92 Å². The molecule has 1 atom stereocenters. The molecule has 1 fully saturated rings. The molecule has 1 aliphatic heterocycles. The van der Waals surface area contributed by atoms with Gasteiger partial charge in [0.25, 0.3) is 0 Å². The van der Waals surface area contributed by atoms with Crippen molar-refractivity contribution < 1.29 is 9.90 Å². The lowest BCUT2D eigenvalue weighted by atomic mass is 10.1. The van der Waals surface area contributed by atoms with Crippen LogP contribution in [0.2, 0.25) is 0 Å². The van der Waals surface area contributed by atoms with Gasteiger partial charge >= 0.3 is 5.97 Å². The molecule has 0 aliphatic carbocycles. The molecular formula is C5H10N2O2. The maximum absolute atomic E-state index is 10.3. The molecule has 1 heterocycles. The normalized spacial score (nSPS) is 28.8. The minimum Gasteiger partial charge on any atom is -0.481 e. The standard InChI is InChI=1S/C5H10N2O2/c6-7-2-1-4(3-7)5(8)9/h4H,1-3,6H2,(H,8,9). The molecule has 0 bridgehead atoms. The molecule has 0 spiro atoms. The highest BCUT2D eigenvalue weighted by Gasteiger charge is 2.25. The fourth-order valence-corrected chi connectivity index (χ4v) is 0.989. The molecule has 4 heteroatoms. The maximum Gasteiger partial charge on any atom is 0.307 e. The molecule has 0 aromatic carbocycles. The van der Waals surface area contributed by atoms with Crippen LogP contribution in [0.4, 0.5) is 0 Å². The van der Waals surface area contributed by atoms with Gasteiger partial charge < -0.3 is 5.11 Å². The van der Waals surface area contributed by atoms with E-state index in [1.165, 1.54) is 0 Å². The zero-order valence-electron chi connectivity index (χ0n) is 5.08. The van der Waals surface area contributed by atoms with Crippen LogP contribution in [-0.2, 0) is 4.79 Å². The van der Waals surface area contributed by atoms with Crippen molar-refractivity contribution in [2.24, 2.45) is 11.8 Å². The van der Waals surface area contributed by atoms with Gasteiger partial charge in [-0.3, -0.25) is 10.6 Å². The van der Waals surface area contributed by atoms with E-state index in [1.807, 2.05) is 0 Å². The summed E-state index contributed by atoms with van der Waals surface area (Å²) in [6.45, 7) is 1.20. The molecule has 0 radical (unpaired) electrons. The van der Waals surface area contributed by atoms with E-state index in [9.17, 15) is 4.79 Å². The second-order valence-corrected chi connectivity index (χ2v) is 2.32. The van der Waals surface area contributed by atoms with Crippen molar-refractivity contribution >= 4 is 5.97 Å². The summed E-state index contributed by atoms with van der Waals surface area (Å²) >= 11 is 0. The number of carbonyl (C=O) groups is 1.